The zero-order valence-electron chi connectivity index (χ0n) is 25.8. The van der Waals surface area contributed by atoms with Gasteiger partial charge in [-0.25, -0.2) is 19.5 Å². The number of fused-ring (bicyclic) bond motifs is 4. The summed E-state index contributed by atoms with van der Waals surface area (Å²) in [4.78, 5) is 32.9. The van der Waals surface area contributed by atoms with E-state index in [1.165, 1.54) is 11.9 Å². The van der Waals surface area contributed by atoms with Crippen LogP contribution >= 0.6 is 11.3 Å². The highest BCUT2D eigenvalue weighted by molar-refractivity contribution is 7.19. The number of carbonyl (C=O) groups is 1. The molecule has 11 nitrogen and oxygen atoms in total. The van der Waals surface area contributed by atoms with Crippen molar-refractivity contribution < 1.29 is 14.3 Å². The highest BCUT2D eigenvalue weighted by atomic mass is 32.1. The van der Waals surface area contributed by atoms with Crippen LogP contribution in [0.4, 0.5) is 11.5 Å². The van der Waals surface area contributed by atoms with Gasteiger partial charge in [0.15, 0.2) is 5.65 Å². The van der Waals surface area contributed by atoms with Crippen molar-refractivity contribution in [3.05, 3.63) is 77.3 Å². The van der Waals surface area contributed by atoms with Crippen LogP contribution in [0.3, 0.4) is 0 Å². The van der Waals surface area contributed by atoms with Crippen LogP contribution in [0, 0.1) is 6.92 Å². The van der Waals surface area contributed by atoms with Crippen molar-refractivity contribution in [1.82, 2.24) is 34.4 Å². The Labute approximate surface area is 265 Å². The molecular formula is C33H36N8O3S. The Bertz CT molecular complexity index is 1900. The minimum atomic E-state index is 0.0449. The lowest BCUT2D eigenvalue weighted by Crippen LogP contribution is -2.51. The smallest absolute Gasteiger partial charge is 0.246 e. The van der Waals surface area contributed by atoms with Gasteiger partial charge in [-0.1, -0.05) is 6.08 Å². The molecule has 7 rings (SSSR count). The number of ether oxygens (including phenoxy) is 2. The number of rotatable bonds is 7. The molecule has 3 atom stereocenters. The number of pyridine rings is 1. The van der Waals surface area contributed by atoms with Gasteiger partial charge in [-0.3, -0.25) is 9.69 Å². The predicted molar refractivity (Wildman–Crippen MR) is 174 cm³/mol. The molecule has 232 valence electrons. The summed E-state index contributed by atoms with van der Waals surface area (Å²) in [5.74, 6) is 2.25. The van der Waals surface area contributed by atoms with Gasteiger partial charge < -0.3 is 19.7 Å². The fraction of sp³-hybridized carbons (Fsp3) is 0.364. The molecule has 1 saturated heterocycles. The molecule has 1 N–H and O–H groups in total. The van der Waals surface area contributed by atoms with E-state index in [0.29, 0.717) is 24.9 Å². The highest BCUT2D eigenvalue weighted by Gasteiger charge is 2.29. The molecule has 0 spiro atoms. The normalized spacial score (nSPS) is 20.6. The lowest BCUT2D eigenvalue weighted by Gasteiger charge is -2.40. The van der Waals surface area contributed by atoms with E-state index in [2.05, 4.69) is 51.0 Å². The number of carbonyl (C=O) groups excluding carboxylic acids is 1. The summed E-state index contributed by atoms with van der Waals surface area (Å²) < 4.78 is 13.7. The fourth-order valence-corrected chi connectivity index (χ4v) is 7.33. The van der Waals surface area contributed by atoms with Gasteiger partial charge >= 0.3 is 0 Å². The molecule has 2 aliphatic heterocycles. The Balaban J connectivity index is 1.03. The molecule has 4 aromatic heterocycles. The number of aromatic nitrogens is 5. The molecule has 2 aliphatic rings. The van der Waals surface area contributed by atoms with Crippen molar-refractivity contribution in [2.45, 2.75) is 58.9 Å². The maximum absolute atomic E-state index is 13.1. The number of benzene rings is 1. The van der Waals surface area contributed by atoms with Gasteiger partial charge in [0.2, 0.25) is 5.91 Å². The summed E-state index contributed by atoms with van der Waals surface area (Å²) in [5.41, 5.74) is 3.87. The molecule has 45 heavy (non-hydrogen) atoms. The molecule has 6 heterocycles. The second-order valence-electron chi connectivity index (χ2n) is 11.8. The summed E-state index contributed by atoms with van der Waals surface area (Å²) >= 11 is 1.64. The van der Waals surface area contributed by atoms with E-state index < -0.39 is 0 Å². The number of hydrogen-bond acceptors (Lipinski definition) is 10. The first-order valence-electron chi connectivity index (χ1n) is 15.3. The molecule has 0 radical (unpaired) electrons. The molecule has 12 heteroatoms. The average molecular weight is 625 g/mol. The van der Waals surface area contributed by atoms with Crippen molar-refractivity contribution in [2.75, 3.05) is 25.0 Å². The van der Waals surface area contributed by atoms with Crippen LogP contribution in [0.2, 0.25) is 0 Å². The zero-order chi connectivity index (χ0) is 31.1. The highest BCUT2D eigenvalue weighted by Crippen LogP contribution is 2.38. The summed E-state index contributed by atoms with van der Waals surface area (Å²) in [6.45, 7) is 11.2. The monoisotopic (exact) mass is 624 g/mol. The number of hydrogen-bond donors (Lipinski definition) is 1. The summed E-state index contributed by atoms with van der Waals surface area (Å²) in [7, 11) is 0. The Hall–Kier alpha value is -4.39. The summed E-state index contributed by atoms with van der Waals surface area (Å²) in [6.07, 6.45) is 9.77. The van der Waals surface area contributed by atoms with Gasteiger partial charge in [-0.2, -0.15) is 5.10 Å². The van der Waals surface area contributed by atoms with Crippen molar-refractivity contribution in [1.29, 1.82) is 0 Å². The van der Waals surface area contributed by atoms with Crippen LogP contribution in [-0.4, -0.2) is 78.2 Å². The molecule has 0 saturated carbocycles. The predicted octanol–water partition coefficient (Wildman–Crippen LogP) is 5.52. The number of aryl methyl sites for hydroxylation is 1. The molecule has 1 aromatic carbocycles. The van der Waals surface area contributed by atoms with E-state index in [-0.39, 0.29) is 18.1 Å². The van der Waals surface area contributed by atoms with Crippen molar-refractivity contribution in [2.24, 2.45) is 0 Å². The number of nitrogens with zero attached hydrogens (tertiary/aromatic N) is 7. The molecule has 0 aliphatic carbocycles. The van der Waals surface area contributed by atoms with Gasteiger partial charge in [0.1, 0.15) is 34.8 Å². The largest absolute Gasteiger partial charge is 0.455 e. The number of amides is 1. The zero-order valence-corrected chi connectivity index (χ0v) is 26.6. The van der Waals surface area contributed by atoms with Gasteiger partial charge in [-0.15, -0.1) is 11.3 Å². The number of thiophene rings is 1. The number of nitrogens with one attached hydrogen (secondary N) is 1. The Kier molecular flexibility index (Phi) is 7.94. The van der Waals surface area contributed by atoms with Gasteiger partial charge in [-0.05, 0) is 75.6 Å². The van der Waals surface area contributed by atoms with Crippen LogP contribution in [-0.2, 0) is 22.5 Å². The Morgan fingerprint density at radius 1 is 1.16 bits per heavy atom. The van der Waals surface area contributed by atoms with Crippen molar-refractivity contribution in [3.8, 4) is 11.5 Å². The SMILES string of the molecule is Cc1cc(Nc2ncnc3sc4c(c23)CCN(C(=O)/C=C/CN2CC(C)OC(C)C2C)C4)ccc1Oc1ccc2ncnn2c1. The third-order valence-corrected chi connectivity index (χ3v) is 9.78. The van der Waals surface area contributed by atoms with Crippen LogP contribution in [0.1, 0.15) is 36.8 Å². The first-order chi connectivity index (χ1) is 21.8. The van der Waals surface area contributed by atoms with E-state index in [4.69, 9.17) is 9.47 Å². The molecule has 5 aromatic rings. The minimum Gasteiger partial charge on any atom is -0.455 e. The van der Waals surface area contributed by atoms with Crippen molar-refractivity contribution >= 4 is 44.6 Å². The van der Waals surface area contributed by atoms with Crippen LogP contribution in [0.15, 0.2) is 61.3 Å². The standard InChI is InChI=1S/C33H36N8O3S/c1-20-14-24(7-9-27(20)44-25-8-10-29-34-19-37-41(29)16-25)38-32-31-26-11-13-40(17-28(26)45-33(31)36-18-35-32)30(42)6-5-12-39-15-21(2)43-23(4)22(39)3/h5-10,14,16,18-19,21-23H,11-13,15,17H2,1-4H3,(H,35,36,38)/b6-5+. The second-order valence-corrected chi connectivity index (χ2v) is 12.9. The minimum absolute atomic E-state index is 0.0449. The summed E-state index contributed by atoms with van der Waals surface area (Å²) in [6, 6.07) is 10.0. The lowest BCUT2D eigenvalue weighted by molar-refractivity contribution is -0.126. The third-order valence-electron chi connectivity index (χ3n) is 8.66. The quantitative estimate of drug-likeness (QED) is 0.234. The van der Waals surface area contributed by atoms with Gasteiger partial charge in [0.05, 0.1) is 30.3 Å². The average Bonchev–Trinajstić information content (AvgIpc) is 3.65. The number of morpholine rings is 1. The summed E-state index contributed by atoms with van der Waals surface area (Å²) in [5, 5.41) is 8.72. The Morgan fingerprint density at radius 2 is 2.04 bits per heavy atom. The van der Waals surface area contributed by atoms with Crippen LogP contribution in [0.5, 0.6) is 11.5 Å². The van der Waals surface area contributed by atoms with Crippen LogP contribution < -0.4 is 10.1 Å². The lowest BCUT2D eigenvalue weighted by atomic mass is 10.0. The van der Waals surface area contributed by atoms with E-state index in [9.17, 15) is 4.79 Å². The molecular weight excluding hydrogens is 588 g/mol. The number of anilines is 2. The van der Waals surface area contributed by atoms with Gasteiger partial charge in [0.25, 0.3) is 0 Å². The molecule has 1 fully saturated rings. The second kappa shape index (κ2) is 12.2. The first kappa shape index (κ1) is 29.3. The maximum atomic E-state index is 13.1. The molecule has 1 amide bonds. The first-order valence-corrected chi connectivity index (χ1v) is 16.1. The fourth-order valence-electron chi connectivity index (χ4n) is 6.13. The molecule has 3 unspecified atom stereocenters. The van der Waals surface area contributed by atoms with E-state index in [1.54, 1.807) is 28.3 Å². The van der Waals surface area contributed by atoms with E-state index >= 15 is 0 Å². The van der Waals surface area contributed by atoms with E-state index in [1.807, 2.05) is 54.4 Å². The maximum Gasteiger partial charge on any atom is 0.246 e. The van der Waals surface area contributed by atoms with Crippen molar-refractivity contribution in [3.63, 3.8) is 0 Å². The Morgan fingerprint density at radius 3 is 2.91 bits per heavy atom. The topological polar surface area (TPSA) is 110 Å². The van der Waals surface area contributed by atoms with Crippen LogP contribution in [0.25, 0.3) is 15.9 Å². The van der Waals surface area contributed by atoms with Gasteiger partial charge in [0, 0.05) is 42.3 Å². The molecule has 0 bridgehead atoms. The van der Waals surface area contributed by atoms with E-state index in [0.717, 1.165) is 63.1 Å². The third kappa shape index (κ3) is 6.00.